The Morgan fingerprint density at radius 3 is 2.86 bits per heavy atom. The van der Waals surface area contributed by atoms with E-state index >= 15 is 0 Å². The van der Waals surface area contributed by atoms with Crippen molar-refractivity contribution in [1.29, 1.82) is 0 Å². The van der Waals surface area contributed by atoms with Gasteiger partial charge in [-0.2, -0.15) is 0 Å². The van der Waals surface area contributed by atoms with Crippen LogP contribution in [0.2, 0.25) is 0 Å². The Morgan fingerprint density at radius 2 is 2.24 bits per heavy atom. The molecule has 0 saturated heterocycles. The highest BCUT2D eigenvalue weighted by atomic mass is 16.6. The molecule has 2 aromatic rings. The zero-order chi connectivity index (χ0) is 15.4. The number of amides is 2. The summed E-state index contributed by atoms with van der Waals surface area (Å²) in [4.78, 5) is 22.1. The van der Waals surface area contributed by atoms with Gasteiger partial charge in [0.25, 0.3) is 5.69 Å². The summed E-state index contributed by atoms with van der Waals surface area (Å²) in [6.45, 7) is 1.84. The quantitative estimate of drug-likeness (QED) is 0.651. The molecule has 0 radical (unpaired) electrons. The number of carbonyl (C=O) groups excluding carboxylic acids is 1. The number of anilines is 1. The predicted molar refractivity (Wildman–Crippen MR) is 74.7 cm³/mol. The number of benzene rings is 1. The van der Waals surface area contributed by atoms with Crippen molar-refractivity contribution in [2.24, 2.45) is 7.05 Å². The number of nitrogens with one attached hydrogen (secondary N) is 2. The van der Waals surface area contributed by atoms with Gasteiger partial charge in [0.2, 0.25) is 0 Å². The molecule has 2 amide bonds. The van der Waals surface area contributed by atoms with Crippen LogP contribution in [0.4, 0.5) is 16.2 Å². The number of hydrogen-bond acceptors (Lipinski definition) is 5. The second-order valence-electron chi connectivity index (χ2n) is 4.42. The summed E-state index contributed by atoms with van der Waals surface area (Å²) in [7, 11) is 1.76. The number of nitro groups is 1. The first kappa shape index (κ1) is 14.4. The lowest BCUT2D eigenvalue weighted by Gasteiger charge is -2.07. The zero-order valence-corrected chi connectivity index (χ0v) is 11.5. The van der Waals surface area contributed by atoms with E-state index in [-0.39, 0.29) is 12.2 Å². The third-order valence-electron chi connectivity index (χ3n) is 2.88. The van der Waals surface area contributed by atoms with Gasteiger partial charge >= 0.3 is 6.03 Å². The second kappa shape index (κ2) is 5.99. The van der Waals surface area contributed by atoms with Crippen molar-refractivity contribution in [2.45, 2.75) is 13.5 Å². The Kier molecular flexibility index (Phi) is 4.12. The number of aromatic nitrogens is 3. The molecule has 0 spiro atoms. The summed E-state index contributed by atoms with van der Waals surface area (Å²) in [5.41, 5.74) is 0.842. The second-order valence-corrected chi connectivity index (χ2v) is 4.42. The number of nitrogens with zero attached hydrogens (tertiary/aromatic N) is 4. The molecule has 0 atom stereocenters. The van der Waals surface area contributed by atoms with E-state index in [1.807, 2.05) is 0 Å². The van der Waals surface area contributed by atoms with Gasteiger partial charge in [-0.25, -0.2) is 4.79 Å². The Labute approximate surface area is 120 Å². The molecule has 1 heterocycles. The maximum atomic E-state index is 11.7. The highest BCUT2D eigenvalue weighted by molar-refractivity contribution is 5.89. The molecule has 0 aliphatic carbocycles. The molecule has 0 saturated carbocycles. The number of carbonyl (C=O) groups is 1. The summed E-state index contributed by atoms with van der Waals surface area (Å²) >= 11 is 0. The molecule has 2 N–H and O–H groups in total. The van der Waals surface area contributed by atoms with Crippen LogP contribution in [-0.4, -0.2) is 25.7 Å². The van der Waals surface area contributed by atoms with Gasteiger partial charge in [-0.05, 0) is 13.0 Å². The van der Waals surface area contributed by atoms with E-state index in [1.54, 1.807) is 30.7 Å². The number of urea groups is 1. The van der Waals surface area contributed by atoms with Gasteiger partial charge in [-0.3, -0.25) is 10.1 Å². The van der Waals surface area contributed by atoms with Crippen molar-refractivity contribution < 1.29 is 9.72 Å². The number of rotatable bonds is 4. The first-order valence-electron chi connectivity index (χ1n) is 6.10. The largest absolute Gasteiger partial charge is 0.331 e. The van der Waals surface area contributed by atoms with Crippen LogP contribution in [-0.2, 0) is 13.6 Å². The van der Waals surface area contributed by atoms with Crippen molar-refractivity contribution in [3.05, 3.63) is 46.0 Å². The lowest BCUT2D eigenvalue weighted by molar-refractivity contribution is -0.385. The lowest BCUT2D eigenvalue weighted by Crippen LogP contribution is -2.29. The van der Waals surface area contributed by atoms with Gasteiger partial charge in [0, 0.05) is 24.4 Å². The minimum Gasteiger partial charge on any atom is -0.331 e. The van der Waals surface area contributed by atoms with Gasteiger partial charge in [0.15, 0.2) is 5.82 Å². The fraction of sp³-hybridized carbons (Fsp3) is 0.250. The maximum Gasteiger partial charge on any atom is 0.319 e. The molecule has 0 unspecified atom stereocenters. The van der Waals surface area contributed by atoms with Crippen LogP contribution < -0.4 is 10.6 Å². The van der Waals surface area contributed by atoms with Gasteiger partial charge in [-0.15, -0.1) is 10.2 Å². The van der Waals surface area contributed by atoms with Gasteiger partial charge < -0.3 is 15.2 Å². The Bertz CT molecular complexity index is 681. The molecule has 1 aromatic carbocycles. The molecule has 0 bridgehead atoms. The minimum atomic E-state index is -0.488. The zero-order valence-electron chi connectivity index (χ0n) is 11.5. The molecular weight excluding hydrogens is 276 g/mol. The van der Waals surface area contributed by atoms with Crippen molar-refractivity contribution in [3.63, 3.8) is 0 Å². The summed E-state index contributed by atoms with van der Waals surface area (Å²) < 4.78 is 1.68. The topological polar surface area (TPSA) is 115 Å². The van der Waals surface area contributed by atoms with Gasteiger partial charge in [0.1, 0.15) is 6.33 Å². The lowest BCUT2D eigenvalue weighted by atomic mass is 10.2. The van der Waals surface area contributed by atoms with Crippen LogP contribution >= 0.6 is 0 Å². The van der Waals surface area contributed by atoms with E-state index in [1.165, 1.54) is 12.4 Å². The third kappa shape index (κ3) is 3.53. The Balaban J connectivity index is 1.98. The van der Waals surface area contributed by atoms with Crippen LogP contribution in [0.5, 0.6) is 0 Å². The number of aryl methyl sites for hydroxylation is 2. The van der Waals surface area contributed by atoms with Crippen molar-refractivity contribution >= 4 is 17.4 Å². The van der Waals surface area contributed by atoms with Gasteiger partial charge in [-0.1, -0.05) is 6.07 Å². The highest BCUT2D eigenvalue weighted by Crippen LogP contribution is 2.22. The van der Waals surface area contributed by atoms with Gasteiger partial charge in [0.05, 0.1) is 11.5 Å². The molecule has 1 aromatic heterocycles. The molecule has 0 aliphatic rings. The van der Waals surface area contributed by atoms with Crippen molar-refractivity contribution in [2.75, 3.05) is 5.32 Å². The summed E-state index contributed by atoms with van der Waals surface area (Å²) in [6, 6.07) is 4.02. The maximum absolute atomic E-state index is 11.7. The predicted octanol–water partition coefficient (Wildman–Crippen LogP) is 1.35. The van der Waals surface area contributed by atoms with E-state index in [0.29, 0.717) is 17.1 Å². The molecule has 2 rings (SSSR count). The highest BCUT2D eigenvalue weighted by Gasteiger charge is 2.12. The molecule has 0 aliphatic heterocycles. The van der Waals surface area contributed by atoms with E-state index < -0.39 is 11.0 Å². The summed E-state index contributed by atoms with van der Waals surface area (Å²) in [5.74, 6) is 0.597. The average molecular weight is 290 g/mol. The van der Waals surface area contributed by atoms with Crippen LogP contribution in [0.3, 0.4) is 0 Å². The summed E-state index contributed by atoms with van der Waals surface area (Å²) in [6.07, 6.45) is 1.53. The molecule has 0 fully saturated rings. The van der Waals surface area contributed by atoms with Crippen molar-refractivity contribution in [3.8, 4) is 0 Å². The minimum absolute atomic E-state index is 0.0406. The molecular formula is C12H14N6O3. The first-order chi connectivity index (χ1) is 9.97. The van der Waals surface area contributed by atoms with Crippen LogP contribution in [0, 0.1) is 17.0 Å². The Morgan fingerprint density at radius 1 is 1.48 bits per heavy atom. The third-order valence-corrected chi connectivity index (χ3v) is 2.88. The monoisotopic (exact) mass is 290 g/mol. The van der Waals surface area contributed by atoms with Crippen LogP contribution in [0.15, 0.2) is 24.5 Å². The fourth-order valence-electron chi connectivity index (χ4n) is 1.69. The van der Waals surface area contributed by atoms with Crippen LogP contribution in [0.1, 0.15) is 11.4 Å². The molecule has 9 nitrogen and oxygen atoms in total. The molecule has 110 valence electrons. The molecule has 21 heavy (non-hydrogen) atoms. The van der Waals surface area contributed by atoms with Crippen molar-refractivity contribution in [1.82, 2.24) is 20.1 Å². The molecule has 9 heteroatoms. The standard InChI is InChI=1S/C12H14N6O3/c1-8-3-4-9(5-10(8)18(20)21)15-12(19)13-6-11-16-14-7-17(11)2/h3-5,7H,6H2,1-2H3,(H2,13,15,19). The normalized spacial score (nSPS) is 10.2. The summed E-state index contributed by atoms with van der Waals surface area (Å²) in [5, 5.41) is 23.5. The number of nitro benzene ring substituents is 1. The number of hydrogen-bond donors (Lipinski definition) is 2. The SMILES string of the molecule is Cc1ccc(NC(=O)NCc2nncn2C)cc1[N+](=O)[O-]. The van der Waals surface area contributed by atoms with E-state index in [4.69, 9.17) is 0 Å². The van der Waals surface area contributed by atoms with E-state index in [9.17, 15) is 14.9 Å². The average Bonchev–Trinajstić information content (AvgIpc) is 2.84. The van der Waals surface area contributed by atoms with E-state index in [2.05, 4.69) is 20.8 Å². The first-order valence-corrected chi connectivity index (χ1v) is 6.10. The van der Waals surface area contributed by atoms with E-state index in [0.717, 1.165) is 0 Å². The Hall–Kier alpha value is -2.97. The fourth-order valence-corrected chi connectivity index (χ4v) is 1.69. The smallest absolute Gasteiger partial charge is 0.319 e. The van der Waals surface area contributed by atoms with Crippen LogP contribution in [0.25, 0.3) is 0 Å².